The van der Waals surface area contributed by atoms with Crippen molar-refractivity contribution in [3.8, 4) is 11.3 Å². The number of imidazole rings is 1. The number of nitrogens with two attached hydrogens (primary N) is 2. The highest BCUT2D eigenvalue weighted by Gasteiger charge is 2.43. The summed E-state index contributed by atoms with van der Waals surface area (Å²) in [4.78, 5) is 36.7. The van der Waals surface area contributed by atoms with Crippen LogP contribution in [0.25, 0.3) is 22.5 Å². The van der Waals surface area contributed by atoms with Crippen LogP contribution in [0.2, 0.25) is 0 Å². The van der Waals surface area contributed by atoms with Gasteiger partial charge in [-0.2, -0.15) is 18.3 Å². The Morgan fingerprint density at radius 2 is 1.98 bits per heavy atom. The summed E-state index contributed by atoms with van der Waals surface area (Å²) in [5, 5.41) is 8.63. The lowest BCUT2D eigenvalue weighted by atomic mass is 9.90. The molecular weight excluding hydrogens is 541 g/mol. The van der Waals surface area contributed by atoms with E-state index < -0.39 is 24.3 Å². The average Bonchev–Trinajstić information content (AvgIpc) is 3.32. The number of hydrogen-bond acceptors (Lipinski definition) is 8. The number of aromatic nitrogens is 3. The van der Waals surface area contributed by atoms with Gasteiger partial charge in [0.25, 0.3) is 0 Å². The van der Waals surface area contributed by atoms with E-state index in [1.165, 1.54) is 6.20 Å². The Kier molecular flexibility index (Phi) is 8.58. The first kappa shape index (κ1) is 29.5. The largest absolute Gasteiger partial charge is 0.405 e. The van der Waals surface area contributed by atoms with E-state index in [0.29, 0.717) is 53.4 Å². The van der Waals surface area contributed by atoms with Gasteiger partial charge in [-0.25, -0.2) is 14.3 Å². The van der Waals surface area contributed by atoms with Crippen molar-refractivity contribution in [1.82, 2.24) is 29.7 Å². The number of likely N-dealkylation sites (N-methyl/N-ethyl adjacent to an activating group) is 1. The molecule has 4 rings (SSSR count). The fraction of sp³-hybridized carbons (Fsp3) is 0.346. The third-order valence-corrected chi connectivity index (χ3v) is 6.37. The molecule has 1 fully saturated rings. The molecule has 0 radical (unpaired) electrons. The molecule has 0 bridgehead atoms. The topological polar surface area (TPSA) is 159 Å². The van der Waals surface area contributed by atoms with Crippen molar-refractivity contribution in [1.29, 1.82) is 0 Å². The second kappa shape index (κ2) is 11.9. The van der Waals surface area contributed by atoms with E-state index in [0.717, 1.165) is 0 Å². The molecule has 3 amide bonds. The number of rotatable bonds is 9. The quantitative estimate of drug-likeness (QED) is 0.283. The number of carbonyl (C=O) groups excluding carboxylic acids is 2. The van der Waals surface area contributed by atoms with Crippen LogP contribution in [0.15, 0.2) is 53.9 Å². The zero-order valence-electron chi connectivity index (χ0n) is 22.5. The number of anilines is 1. The molecule has 6 N–H and O–H groups in total. The molecule has 0 aliphatic carbocycles. The first-order valence-electron chi connectivity index (χ1n) is 12.6. The van der Waals surface area contributed by atoms with E-state index in [-0.39, 0.29) is 12.5 Å². The number of carbonyl (C=O) groups is 2. The minimum absolute atomic E-state index is 0.0136. The molecule has 218 valence electrons. The Labute approximate surface area is 233 Å². The third-order valence-electron chi connectivity index (χ3n) is 6.37. The number of fused-ring (bicyclic) bond motifs is 1. The molecule has 15 heteroatoms. The van der Waals surface area contributed by atoms with Crippen molar-refractivity contribution in [3.05, 3.63) is 54.5 Å². The lowest BCUT2D eigenvalue weighted by Crippen LogP contribution is -2.66. The third kappa shape index (κ3) is 7.18. The SMILES string of the molecule is CN(C)CC(=O)N1CC(CN)(N=CC(=CN)c2cnn3c(-c4cccc(NC(=O)NCC(F)(F)F)c4)cnc3c2)C1. The van der Waals surface area contributed by atoms with E-state index >= 15 is 0 Å². The van der Waals surface area contributed by atoms with E-state index in [2.05, 4.69) is 20.4 Å². The lowest BCUT2D eigenvalue weighted by Gasteiger charge is -2.47. The molecule has 41 heavy (non-hydrogen) atoms. The number of amides is 3. The van der Waals surface area contributed by atoms with Gasteiger partial charge in [0.1, 0.15) is 12.1 Å². The Morgan fingerprint density at radius 1 is 1.22 bits per heavy atom. The summed E-state index contributed by atoms with van der Waals surface area (Å²) in [5.74, 6) is 0.0136. The number of urea groups is 1. The highest BCUT2D eigenvalue weighted by molar-refractivity contribution is 6.10. The number of allylic oxidation sites excluding steroid dienone is 1. The zero-order chi connectivity index (χ0) is 29.8. The van der Waals surface area contributed by atoms with Gasteiger partial charge in [0.05, 0.1) is 24.6 Å². The Hall–Kier alpha value is -4.50. The molecule has 0 atom stereocenters. The second-order valence-electron chi connectivity index (χ2n) is 9.96. The normalized spacial score (nSPS) is 15.4. The Bertz CT molecular complexity index is 1480. The maximum absolute atomic E-state index is 12.4. The summed E-state index contributed by atoms with van der Waals surface area (Å²) >= 11 is 0. The van der Waals surface area contributed by atoms with Crippen molar-refractivity contribution >= 4 is 35.1 Å². The van der Waals surface area contributed by atoms with Gasteiger partial charge in [0.2, 0.25) is 5.91 Å². The number of hydrogen-bond donors (Lipinski definition) is 4. The monoisotopic (exact) mass is 572 g/mol. The summed E-state index contributed by atoms with van der Waals surface area (Å²) in [6.45, 7) is -0.0168. The summed E-state index contributed by atoms with van der Waals surface area (Å²) < 4.78 is 38.7. The minimum atomic E-state index is -4.51. The Balaban J connectivity index is 1.47. The zero-order valence-corrected chi connectivity index (χ0v) is 22.5. The van der Waals surface area contributed by atoms with Crippen molar-refractivity contribution in [2.24, 2.45) is 16.5 Å². The molecule has 3 aromatic rings. The maximum atomic E-state index is 12.4. The minimum Gasteiger partial charge on any atom is -0.404 e. The number of nitrogens with zero attached hydrogens (tertiary/aromatic N) is 6. The van der Waals surface area contributed by atoms with Gasteiger partial charge < -0.3 is 31.9 Å². The summed E-state index contributed by atoms with van der Waals surface area (Å²) in [5.41, 5.74) is 14.6. The van der Waals surface area contributed by atoms with Gasteiger partial charge in [0.15, 0.2) is 5.65 Å². The molecule has 0 unspecified atom stereocenters. The number of benzene rings is 1. The van der Waals surface area contributed by atoms with E-state index in [4.69, 9.17) is 11.5 Å². The molecule has 3 heterocycles. The van der Waals surface area contributed by atoms with Crippen LogP contribution in [0.3, 0.4) is 0 Å². The molecule has 1 aliphatic heterocycles. The molecule has 12 nitrogen and oxygen atoms in total. The van der Waals surface area contributed by atoms with Gasteiger partial charge in [0, 0.05) is 54.4 Å². The number of alkyl halides is 3. The van der Waals surface area contributed by atoms with Crippen LogP contribution in [0.5, 0.6) is 0 Å². The molecule has 0 spiro atoms. The van der Waals surface area contributed by atoms with Crippen LogP contribution in [0, 0.1) is 0 Å². The van der Waals surface area contributed by atoms with Gasteiger partial charge in [-0.15, -0.1) is 0 Å². The molecule has 0 saturated carbocycles. The molecule has 2 aromatic heterocycles. The highest BCUT2D eigenvalue weighted by atomic mass is 19.4. The molecule has 1 saturated heterocycles. The maximum Gasteiger partial charge on any atom is 0.405 e. The van der Waals surface area contributed by atoms with Crippen LogP contribution in [0.1, 0.15) is 5.56 Å². The predicted octanol–water partition coefficient (Wildman–Crippen LogP) is 1.55. The lowest BCUT2D eigenvalue weighted by molar-refractivity contribution is -0.138. The average molecular weight is 573 g/mol. The first-order chi connectivity index (χ1) is 19.4. The van der Waals surface area contributed by atoms with Crippen LogP contribution in [-0.4, -0.2) is 101 Å². The molecule has 1 aliphatic rings. The summed E-state index contributed by atoms with van der Waals surface area (Å²) in [6.07, 6.45) is 1.69. The van der Waals surface area contributed by atoms with Crippen LogP contribution in [-0.2, 0) is 4.79 Å². The van der Waals surface area contributed by atoms with Crippen molar-refractivity contribution in [2.75, 3.05) is 52.1 Å². The van der Waals surface area contributed by atoms with Gasteiger partial charge in [-0.05, 0) is 32.3 Å². The van der Waals surface area contributed by atoms with Crippen molar-refractivity contribution < 1.29 is 22.8 Å². The fourth-order valence-corrected chi connectivity index (χ4v) is 4.24. The van der Waals surface area contributed by atoms with Gasteiger partial charge in [-0.1, -0.05) is 12.1 Å². The van der Waals surface area contributed by atoms with Gasteiger partial charge >= 0.3 is 12.2 Å². The number of nitrogens with one attached hydrogen (secondary N) is 2. The van der Waals surface area contributed by atoms with E-state index in [1.54, 1.807) is 63.7 Å². The fourth-order valence-electron chi connectivity index (χ4n) is 4.24. The van der Waals surface area contributed by atoms with Crippen LogP contribution >= 0.6 is 0 Å². The smallest absolute Gasteiger partial charge is 0.404 e. The first-order valence-corrected chi connectivity index (χ1v) is 12.6. The number of likely N-dealkylation sites (tertiary alicyclic amines) is 1. The number of halogens is 3. The van der Waals surface area contributed by atoms with E-state index in [1.807, 2.05) is 19.0 Å². The second-order valence-corrected chi connectivity index (χ2v) is 9.96. The standard InChI is InChI=1S/C26H31F3N10O2/c1-37(2)12-23(40)38-15-25(13-31,16-38)34-9-19(8-30)18-7-22-32-11-21(39(22)35-10-18)17-4-3-5-20(6-17)36-24(41)33-14-26(27,28)29/h3-11H,12-16,30-31H2,1-2H3,(H2,33,36,41). The molecular formula is C26H31F3N10O2. The highest BCUT2D eigenvalue weighted by Crippen LogP contribution is 2.27. The number of aliphatic imine (C=N–C) groups is 1. The Morgan fingerprint density at radius 3 is 2.63 bits per heavy atom. The predicted molar refractivity (Wildman–Crippen MR) is 149 cm³/mol. The summed E-state index contributed by atoms with van der Waals surface area (Å²) in [7, 11) is 3.66. The van der Waals surface area contributed by atoms with Crippen LogP contribution < -0.4 is 22.1 Å². The van der Waals surface area contributed by atoms with Crippen molar-refractivity contribution in [2.45, 2.75) is 11.7 Å². The van der Waals surface area contributed by atoms with Crippen LogP contribution in [0.4, 0.5) is 23.7 Å². The van der Waals surface area contributed by atoms with Gasteiger partial charge in [-0.3, -0.25) is 9.79 Å². The van der Waals surface area contributed by atoms with E-state index in [9.17, 15) is 22.8 Å². The summed E-state index contributed by atoms with van der Waals surface area (Å²) in [6, 6.07) is 7.36. The molecule has 1 aromatic carbocycles. The van der Waals surface area contributed by atoms with Crippen molar-refractivity contribution in [3.63, 3.8) is 0 Å².